The molecule has 174 valence electrons. The summed E-state index contributed by atoms with van der Waals surface area (Å²) in [4.78, 5) is 16.0. The summed E-state index contributed by atoms with van der Waals surface area (Å²) in [6, 6.07) is 13.8. The highest BCUT2D eigenvalue weighted by molar-refractivity contribution is 7.98. The lowest BCUT2D eigenvalue weighted by Crippen LogP contribution is -2.45. The van der Waals surface area contributed by atoms with Gasteiger partial charge in [-0.15, -0.1) is 11.8 Å². The molecule has 1 amide bonds. The molecule has 0 aromatic heterocycles. The average molecular weight is 477 g/mol. The molecule has 0 aliphatic heterocycles. The summed E-state index contributed by atoms with van der Waals surface area (Å²) in [5, 5.41) is 0. The molecular formula is C24H32N2O4S2. The number of benzene rings is 2. The van der Waals surface area contributed by atoms with Crippen LogP contribution in [0.2, 0.25) is 0 Å². The predicted molar refractivity (Wildman–Crippen MR) is 130 cm³/mol. The van der Waals surface area contributed by atoms with Gasteiger partial charge in [0.05, 0.1) is 17.2 Å². The number of thioether (sulfide) groups is 1. The predicted octanol–water partition coefficient (Wildman–Crippen LogP) is 4.79. The molecule has 3 rings (SSSR count). The number of amides is 1. The second kappa shape index (κ2) is 11.1. The van der Waals surface area contributed by atoms with Crippen LogP contribution in [0.5, 0.6) is 5.75 Å². The Morgan fingerprint density at radius 2 is 1.66 bits per heavy atom. The van der Waals surface area contributed by atoms with E-state index in [1.54, 1.807) is 72.2 Å². The van der Waals surface area contributed by atoms with Crippen molar-refractivity contribution in [2.45, 2.75) is 54.9 Å². The van der Waals surface area contributed by atoms with Gasteiger partial charge in [-0.3, -0.25) is 9.10 Å². The van der Waals surface area contributed by atoms with Crippen LogP contribution in [0.4, 0.5) is 5.69 Å². The van der Waals surface area contributed by atoms with Crippen molar-refractivity contribution in [2.24, 2.45) is 0 Å². The highest BCUT2D eigenvalue weighted by Crippen LogP contribution is 2.28. The number of ether oxygens (including phenoxy) is 1. The van der Waals surface area contributed by atoms with Crippen molar-refractivity contribution < 1.29 is 17.9 Å². The first-order valence-electron chi connectivity index (χ1n) is 11.0. The number of hydrogen-bond donors (Lipinski definition) is 0. The van der Waals surface area contributed by atoms with Gasteiger partial charge in [0.1, 0.15) is 12.3 Å². The number of hydrogen-bond acceptors (Lipinski definition) is 5. The number of carbonyl (C=O) groups is 1. The average Bonchev–Trinajstić information content (AvgIpc) is 2.83. The molecule has 2 aromatic carbocycles. The van der Waals surface area contributed by atoms with Crippen molar-refractivity contribution in [2.75, 3.05) is 30.8 Å². The first-order valence-corrected chi connectivity index (χ1v) is 13.7. The van der Waals surface area contributed by atoms with Gasteiger partial charge in [0, 0.05) is 18.0 Å². The van der Waals surface area contributed by atoms with Crippen LogP contribution >= 0.6 is 11.8 Å². The van der Waals surface area contributed by atoms with Gasteiger partial charge in [-0.2, -0.15) is 0 Å². The van der Waals surface area contributed by atoms with E-state index in [1.807, 2.05) is 13.2 Å². The molecule has 2 aromatic rings. The molecule has 0 spiro atoms. The Kier molecular flexibility index (Phi) is 8.48. The minimum atomic E-state index is -3.93. The van der Waals surface area contributed by atoms with Gasteiger partial charge in [-0.25, -0.2) is 8.42 Å². The summed E-state index contributed by atoms with van der Waals surface area (Å²) < 4.78 is 33.9. The van der Waals surface area contributed by atoms with E-state index >= 15 is 0 Å². The topological polar surface area (TPSA) is 66.9 Å². The number of carbonyl (C=O) groups excluding carboxylic acids is 1. The van der Waals surface area contributed by atoms with Gasteiger partial charge in [-0.1, -0.05) is 19.3 Å². The second-order valence-electron chi connectivity index (χ2n) is 7.91. The molecule has 6 nitrogen and oxygen atoms in total. The molecule has 1 saturated carbocycles. The Morgan fingerprint density at radius 1 is 1.03 bits per heavy atom. The molecule has 1 aliphatic carbocycles. The molecule has 0 saturated heterocycles. The van der Waals surface area contributed by atoms with Gasteiger partial charge in [-0.05, 0) is 74.6 Å². The van der Waals surface area contributed by atoms with Crippen molar-refractivity contribution in [3.8, 4) is 5.75 Å². The Morgan fingerprint density at radius 3 is 2.22 bits per heavy atom. The quantitative estimate of drug-likeness (QED) is 0.487. The van der Waals surface area contributed by atoms with Crippen LogP contribution in [0.15, 0.2) is 58.3 Å². The summed E-state index contributed by atoms with van der Waals surface area (Å²) >= 11 is 1.55. The summed E-state index contributed by atoms with van der Waals surface area (Å²) in [6.07, 6.45) is 7.27. The number of anilines is 1. The first-order chi connectivity index (χ1) is 15.4. The van der Waals surface area contributed by atoms with Gasteiger partial charge in [0.15, 0.2) is 0 Å². The van der Waals surface area contributed by atoms with Crippen molar-refractivity contribution in [3.05, 3.63) is 48.5 Å². The third kappa shape index (κ3) is 5.78. The van der Waals surface area contributed by atoms with Gasteiger partial charge >= 0.3 is 0 Å². The van der Waals surface area contributed by atoms with Gasteiger partial charge in [0.2, 0.25) is 5.91 Å². The molecule has 0 N–H and O–H groups in total. The van der Waals surface area contributed by atoms with Crippen molar-refractivity contribution in [3.63, 3.8) is 0 Å². The van der Waals surface area contributed by atoms with E-state index in [-0.39, 0.29) is 23.4 Å². The van der Waals surface area contributed by atoms with Gasteiger partial charge < -0.3 is 9.64 Å². The number of rotatable bonds is 9. The number of sulfonamides is 1. The van der Waals surface area contributed by atoms with E-state index < -0.39 is 10.0 Å². The largest absolute Gasteiger partial charge is 0.494 e. The highest BCUT2D eigenvalue weighted by atomic mass is 32.2. The number of likely N-dealkylation sites (N-methyl/N-ethyl adjacent to an activating group) is 1. The lowest BCUT2D eigenvalue weighted by molar-refractivity contribution is -0.130. The van der Waals surface area contributed by atoms with Crippen LogP contribution in [0.25, 0.3) is 0 Å². The Bertz CT molecular complexity index is 986. The molecule has 0 unspecified atom stereocenters. The maximum atomic E-state index is 13.6. The normalized spacial score (nSPS) is 14.7. The molecule has 32 heavy (non-hydrogen) atoms. The van der Waals surface area contributed by atoms with Crippen molar-refractivity contribution >= 4 is 33.4 Å². The van der Waals surface area contributed by atoms with Crippen LogP contribution in [0.3, 0.4) is 0 Å². The van der Waals surface area contributed by atoms with E-state index in [0.717, 1.165) is 30.6 Å². The first kappa shape index (κ1) is 24.5. The maximum absolute atomic E-state index is 13.6. The van der Waals surface area contributed by atoms with Crippen LogP contribution in [0.1, 0.15) is 39.0 Å². The Labute approximate surface area is 196 Å². The van der Waals surface area contributed by atoms with E-state index in [2.05, 4.69) is 0 Å². The summed E-state index contributed by atoms with van der Waals surface area (Å²) in [5.74, 6) is 0.457. The van der Waals surface area contributed by atoms with E-state index in [9.17, 15) is 13.2 Å². The zero-order valence-electron chi connectivity index (χ0n) is 19.0. The molecule has 0 bridgehead atoms. The smallest absolute Gasteiger partial charge is 0.264 e. The molecule has 0 radical (unpaired) electrons. The van der Waals surface area contributed by atoms with Crippen molar-refractivity contribution in [1.29, 1.82) is 0 Å². The molecular weight excluding hydrogens is 444 g/mol. The minimum absolute atomic E-state index is 0.164. The maximum Gasteiger partial charge on any atom is 0.264 e. The fraction of sp³-hybridized carbons (Fsp3) is 0.458. The standard InChI is InChI=1S/C24H32N2O4S2/c1-4-30-21-12-10-20(11-13-21)26(18-24(27)25(2)19-8-6-5-7-9-19)32(28,29)23-16-14-22(31-3)15-17-23/h10-17,19H,4-9,18H2,1-3H3. The second-order valence-corrected chi connectivity index (χ2v) is 10.7. The Hall–Kier alpha value is -2.19. The minimum Gasteiger partial charge on any atom is -0.494 e. The molecule has 1 aliphatic rings. The highest BCUT2D eigenvalue weighted by Gasteiger charge is 2.30. The SMILES string of the molecule is CCOc1ccc(N(CC(=O)N(C)C2CCCCC2)S(=O)(=O)c2ccc(SC)cc2)cc1. The third-order valence-corrected chi connectivity index (χ3v) is 8.41. The van der Waals surface area contributed by atoms with Crippen LogP contribution in [-0.2, 0) is 14.8 Å². The zero-order valence-corrected chi connectivity index (χ0v) is 20.6. The third-order valence-electron chi connectivity index (χ3n) is 5.88. The Balaban J connectivity index is 1.91. The van der Waals surface area contributed by atoms with Crippen molar-refractivity contribution in [1.82, 2.24) is 4.90 Å². The molecule has 0 heterocycles. The lowest BCUT2D eigenvalue weighted by atomic mass is 9.94. The van der Waals surface area contributed by atoms with Crippen LogP contribution in [-0.4, -0.2) is 51.7 Å². The monoisotopic (exact) mass is 476 g/mol. The summed E-state index contributed by atoms with van der Waals surface area (Å²) in [6.45, 7) is 2.17. The fourth-order valence-corrected chi connectivity index (χ4v) is 5.79. The van der Waals surface area contributed by atoms with E-state index in [4.69, 9.17) is 4.74 Å². The number of nitrogens with zero attached hydrogens (tertiary/aromatic N) is 2. The molecule has 8 heteroatoms. The fourth-order valence-electron chi connectivity index (χ4n) is 3.97. The van der Waals surface area contributed by atoms with Crippen LogP contribution < -0.4 is 9.04 Å². The van der Waals surface area contributed by atoms with Crippen LogP contribution in [0, 0.1) is 0 Å². The van der Waals surface area contributed by atoms with E-state index in [0.29, 0.717) is 18.0 Å². The summed E-state index contributed by atoms with van der Waals surface area (Å²) in [5.41, 5.74) is 0.438. The lowest BCUT2D eigenvalue weighted by Gasteiger charge is -2.33. The molecule has 0 atom stereocenters. The summed E-state index contributed by atoms with van der Waals surface area (Å²) in [7, 11) is -2.14. The molecule has 1 fully saturated rings. The zero-order chi connectivity index (χ0) is 23.1. The van der Waals surface area contributed by atoms with E-state index in [1.165, 1.54) is 10.7 Å². The van der Waals surface area contributed by atoms with Gasteiger partial charge in [0.25, 0.3) is 10.0 Å².